The molecular weight excluding hydrogens is 1960 g/mol. The molecule has 2 aromatic heterocycles. The number of halogens is 2. The summed E-state index contributed by atoms with van der Waals surface area (Å²) in [6, 6.07) is 21.4. The second-order valence-electron chi connectivity index (χ2n) is 26.0. The molecule has 13 rings (SSSR count). The van der Waals surface area contributed by atoms with Gasteiger partial charge in [0.25, 0.3) is 101 Å². The third-order valence-electron chi connectivity index (χ3n) is 17.7. The van der Waals surface area contributed by atoms with E-state index < -0.39 is 284 Å². The molecule has 0 unspecified atom stereocenters. The van der Waals surface area contributed by atoms with Crippen molar-refractivity contribution in [1.29, 1.82) is 0 Å². The molecule has 0 spiro atoms. The van der Waals surface area contributed by atoms with Crippen LogP contribution in [0.2, 0.25) is 10.6 Å². The van der Waals surface area contributed by atoms with Crippen LogP contribution in [-0.2, 0) is 101 Å². The van der Waals surface area contributed by atoms with E-state index in [0.29, 0.717) is 36.4 Å². The lowest BCUT2D eigenvalue weighted by Crippen LogP contribution is -2.16. The van der Waals surface area contributed by atoms with E-state index in [2.05, 4.69) is 86.8 Å². The first-order valence-electron chi connectivity index (χ1n) is 33.7. The lowest BCUT2D eigenvalue weighted by atomic mass is 10.1. The Labute approximate surface area is 732 Å². The average molecular weight is 2010 g/mol. The van der Waals surface area contributed by atoms with E-state index in [0.717, 1.165) is 84.9 Å². The van der Waals surface area contributed by atoms with Crippen LogP contribution < -0.4 is 32.3 Å². The summed E-state index contributed by atoms with van der Waals surface area (Å²) in [5.74, 6) is -4.51. The number of nitrogens with one attached hydrogen (secondary N) is 3. The van der Waals surface area contributed by atoms with Crippen molar-refractivity contribution in [3.63, 3.8) is 0 Å². The van der Waals surface area contributed by atoms with Gasteiger partial charge in [-0.3, -0.25) is 45.5 Å². The molecule has 0 atom stereocenters. The topological polar surface area (TPSA) is 852 Å². The number of aromatic nitrogens is 6. The number of nitrogens with two attached hydrogens (primary N) is 2. The fourth-order valence-electron chi connectivity index (χ4n) is 12.5. The molecular formula is C65H46Cl2N20O32S10. The second-order valence-corrected chi connectivity index (χ2v) is 40.5. The van der Waals surface area contributed by atoms with E-state index in [9.17, 15) is 140 Å². The van der Waals surface area contributed by atoms with Crippen molar-refractivity contribution in [1.82, 2.24) is 29.9 Å². The number of hydrogen-bond donors (Lipinski definition) is 17. The smallest absolute Gasteiger partial charge is 0.297 e. The number of benzene rings is 11. The Balaban J connectivity index is 0.792. The summed E-state index contributed by atoms with van der Waals surface area (Å²) in [7, 11) is -53.0. The van der Waals surface area contributed by atoms with Crippen molar-refractivity contribution in [3.8, 4) is 11.5 Å². The van der Waals surface area contributed by atoms with Crippen molar-refractivity contribution in [3.05, 3.63) is 156 Å². The van der Waals surface area contributed by atoms with Crippen LogP contribution in [-0.4, -0.2) is 177 Å². The maximum Gasteiger partial charge on any atom is 0.297 e. The minimum absolute atomic E-state index is 0.0945. The number of nitrogens with zero attached hydrogens (tertiary/aromatic N) is 15. The summed E-state index contributed by atoms with van der Waals surface area (Å²) in [5, 5.41) is 54.8. The van der Waals surface area contributed by atoms with Crippen LogP contribution in [0.5, 0.6) is 11.5 Å². The quantitative estimate of drug-likeness (QED) is 0.0136. The van der Waals surface area contributed by atoms with E-state index in [1.54, 1.807) is 0 Å². The highest BCUT2D eigenvalue weighted by atomic mass is 35.5. The van der Waals surface area contributed by atoms with Gasteiger partial charge in [0.05, 0.1) is 33.5 Å². The van der Waals surface area contributed by atoms with E-state index >= 15 is 0 Å². The third-order valence-corrected chi connectivity index (χ3v) is 27.1. The number of anilines is 10. The minimum atomic E-state index is -5.68. The standard InChI is InChI=1S/C65H46Cl2N20O32S10/c1-87(65-76-61(67)75-63(78-65)71-29-13-19-43(123(99,100)101)38(25-29)82-86-55-47(127(111,112)113)23-27-21-45(125(105,106)107)53(51(69)49(27)57(55)89)84-80-36-17-15-31-33(59(36)129(117,118)119)7-5-11-41(31)121(93,94)95)39-9-3-2-8-34(39)72-64-74-60(66)73-62(77-64)70-28-12-18-42(122(96,97)98)37(24-28)81-85-54-46(126(108,109)110)22-26-20-44(124(102,103)104)52(50(68)48(26)56(54)88)83-79-35-16-14-30-32(58(35)128(114,115)116)6-4-10-40(30)120(90,91)92/h2-25,88-89H,68-69H2,1H3,(H,90,91,92)(H,93,94,95)(H,96,97,98)(H,99,100,101)(H,102,103,104)(H,105,106,107)(H,108,109,110)(H,111,112,113)(H,114,115,116)(H,117,118,119)(H,71,75,76,78)(H2,70,72,73,74,77). The van der Waals surface area contributed by atoms with E-state index in [1.807, 2.05) is 0 Å². The van der Waals surface area contributed by atoms with Gasteiger partial charge in [-0.1, -0.05) is 48.5 Å². The number of para-hydroxylation sites is 2. The summed E-state index contributed by atoms with van der Waals surface area (Å²) in [6.07, 6.45) is 0. The average Bonchev–Trinajstić information content (AvgIpc) is 0.740. The number of nitrogen functional groups attached to an aromatic ring is 2. The van der Waals surface area contributed by atoms with Crippen molar-refractivity contribution in [2.24, 2.45) is 40.9 Å². The van der Waals surface area contributed by atoms with Gasteiger partial charge in [0.1, 0.15) is 94.5 Å². The first-order chi connectivity index (χ1) is 59.7. The molecule has 64 heteroatoms. The maximum absolute atomic E-state index is 13.1. The van der Waals surface area contributed by atoms with Crippen molar-refractivity contribution in [2.45, 2.75) is 49.0 Å². The molecule has 52 nitrogen and oxygen atoms in total. The molecule has 0 radical (unpaired) electrons. The number of azo groups is 4. The fourth-order valence-corrected chi connectivity index (χ4v) is 19.8. The van der Waals surface area contributed by atoms with Gasteiger partial charge in [0, 0.05) is 40.0 Å². The Morgan fingerprint density at radius 2 is 0.651 bits per heavy atom. The second kappa shape index (κ2) is 33.5. The van der Waals surface area contributed by atoms with Crippen LogP contribution in [0.25, 0.3) is 43.1 Å². The Bertz CT molecular complexity index is 8540. The van der Waals surface area contributed by atoms with Crippen LogP contribution >= 0.6 is 23.2 Å². The monoisotopic (exact) mass is 2010 g/mol. The van der Waals surface area contributed by atoms with Gasteiger partial charge >= 0.3 is 0 Å². The molecule has 0 saturated heterocycles. The largest absolute Gasteiger partial charge is 0.505 e. The maximum atomic E-state index is 13.1. The molecule has 129 heavy (non-hydrogen) atoms. The zero-order chi connectivity index (χ0) is 94.7. The summed E-state index contributed by atoms with van der Waals surface area (Å²) in [6.45, 7) is 0. The van der Waals surface area contributed by atoms with E-state index in [1.165, 1.54) is 36.2 Å². The highest BCUT2D eigenvalue weighted by molar-refractivity contribution is 7.88. The zero-order valence-electron chi connectivity index (χ0n) is 62.6. The molecule has 13 aromatic rings. The van der Waals surface area contributed by atoms with Crippen LogP contribution in [0.3, 0.4) is 0 Å². The summed E-state index contributed by atoms with van der Waals surface area (Å²) in [5.41, 5.74) is 1.64. The summed E-state index contributed by atoms with van der Waals surface area (Å²) >= 11 is 12.8. The van der Waals surface area contributed by atoms with Crippen LogP contribution in [0.4, 0.5) is 103 Å². The third kappa shape index (κ3) is 19.5. The SMILES string of the molecule is CN(c1nc(Cl)nc(Nc2ccc(S(=O)(=O)O)c(N=Nc3c(S(=O)(=O)O)cc4cc(S(=O)(=O)O)c(N=Nc5ccc6c(S(=O)(=O)O)cccc6c5S(=O)(=O)O)c(N)c4c3O)c2)n1)c1ccccc1Nc1nc(Cl)nc(Nc2ccc(S(=O)(=O)O)c(N=Nc3c(S(=O)(=O)O)cc4cc(S(=O)(=O)O)c(N=Nc5ccc6c(S(=O)(=O)O)cccc6c5S(=O)(=O)O)c(N)c4c3O)c2)n1. The Morgan fingerprint density at radius 1 is 0.318 bits per heavy atom. The predicted octanol–water partition coefficient (Wildman–Crippen LogP) is 11.7. The first kappa shape index (κ1) is 93.6. The van der Waals surface area contributed by atoms with Gasteiger partial charge in [-0.25, -0.2) is 0 Å². The number of phenolic OH excluding ortho intramolecular Hbond substituents is 2. The van der Waals surface area contributed by atoms with Gasteiger partial charge in [-0.15, -0.1) is 40.9 Å². The van der Waals surface area contributed by atoms with Crippen molar-refractivity contribution < 1.29 is 140 Å². The predicted molar refractivity (Wildman–Crippen MR) is 450 cm³/mol. The highest BCUT2D eigenvalue weighted by Crippen LogP contribution is 2.52. The Kier molecular flexibility index (Phi) is 24.3. The number of hydrogen-bond acceptors (Lipinski definition) is 42. The normalized spacial score (nSPS) is 13.2. The van der Waals surface area contributed by atoms with Gasteiger partial charge in [0.15, 0.2) is 11.5 Å². The lowest BCUT2D eigenvalue weighted by Gasteiger charge is -2.21. The van der Waals surface area contributed by atoms with Gasteiger partial charge in [-0.2, -0.15) is 114 Å². The van der Waals surface area contributed by atoms with Gasteiger partial charge < -0.3 is 42.5 Å². The fraction of sp³-hybridized carbons (Fsp3) is 0.0154. The lowest BCUT2D eigenvalue weighted by molar-refractivity contribution is 0.471. The first-order valence-corrected chi connectivity index (χ1v) is 48.8. The molecule has 0 aliphatic carbocycles. The van der Waals surface area contributed by atoms with Crippen LogP contribution in [0.15, 0.2) is 235 Å². The molecule has 672 valence electrons. The number of fused-ring (bicyclic) bond motifs is 4. The molecule has 0 aliphatic heterocycles. The molecule has 11 aromatic carbocycles. The van der Waals surface area contributed by atoms with Crippen molar-refractivity contribution >= 4 is 271 Å². The molecule has 0 saturated carbocycles. The Hall–Kier alpha value is -13.0. The van der Waals surface area contributed by atoms with Gasteiger partial charge in [-0.05, 0) is 131 Å². The van der Waals surface area contributed by atoms with Crippen molar-refractivity contribution in [2.75, 3.05) is 39.4 Å². The van der Waals surface area contributed by atoms with E-state index in [-0.39, 0.29) is 34.6 Å². The molecule has 0 fully saturated rings. The highest BCUT2D eigenvalue weighted by Gasteiger charge is 2.34. The number of phenols is 2. The molecule has 0 bridgehead atoms. The number of rotatable bonds is 26. The van der Waals surface area contributed by atoms with Crippen LogP contribution in [0, 0.1) is 0 Å². The Morgan fingerprint density at radius 3 is 1.02 bits per heavy atom. The molecule has 0 amide bonds. The molecule has 2 heterocycles. The minimum Gasteiger partial charge on any atom is -0.505 e. The summed E-state index contributed by atoms with van der Waals surface area (Å²) in [4.78, 5) is 14.4. The molecule has 19 N–H and O–H groups in total. The van der Waals surface area contributed by atoms with Gasteiger partial charge in [0.2, 0.25) is 34.4 Å². The zero-order valence-corrected chi connectivity index (χ0v) is 72.3. The summed E-state index contributed by atoms with van der Waals surface area (Å²) < 4.78 is 358. The van der Waals surface area contributed by atoms with E-state index in [4.69, 9.17) is 34.7 Å². The van der Waals surface area contributed by atoms with Crippen LogP contribution in [0.1, 0.15) is 0 Å². The number of aromatic hydroxyl groups is 2. The molecule has 0 aliphatic rings.